The molecule has 77 valence electrons. The Morgan fingerprint density at radius 3 is 2.87 bits per heavy atom. The molecule has 0 aliphatic heterocycles. The molecule has 1 fully saturated rings. The molecular weight excluding hydrogens is 188 g/mol. The highest BCUT2D eigenvalue weighted by Crippen LogP contribution is 2.28. The third kappa shape index (κ3) is 2.04. The van der Waals surface area contributed by atoms with Crippen molar-refractivity contribution in [3.63, 3.8) is 0 Å². The van der Waals surface area contributed by atoms with E-state index in [1.54, 1.807) is 12.1 Å². The molecule has 3 nitrogen and oxygen atoms in total. The first-order chi connectivity index (χ1) is 7.31. The minimum absolute atomic E-state index is 0.249. The van der Waals surface area contributed by atoms with Crippen molar-refractivity contribution in [2.24, 2.45) is 0 Å². The predicted octanol–water partition coefficient (Wildman–Crippen LogP) is 2.26. The summed E-state index contributed by atoms with van der Waals surface area (Å²) in [5.41, 5.74) is 6.42. The van der Waals surface area contributed by atoms with E-state index < -0.39 is 0 Å². The molecule has 1 aliphatic carbocycles. The van der Waals surface area contributed by atoms with Crippen molar-refractivity contribution in [3.05, 3.63) is 23.8 Å². The predicted molar refractivity (Wildman–Crippen MR) is 57.3 cm³/mol. The highest BCUT2D eigenvalue weighted by Gasteiger charge is 2.18. The lowest BCUT2D eigenvalue weighted by Crippen LogP contribution is -2.12. The van der Waals surface area contributed by atoms with Crippen LogP contribution in [0.5, 0.6) is 5.75 Å². The number of nitrogens with two attached hydrogens (primary N) is 1. The van der Waals surface area contributed by atoms with Crippen LogP contribution in [0, 0.1) is 17.4 Å². The van der Waals surface area contributed by atoms with Crippen molar-refractivity contribution in [1.82, 2.24) is 0 Å². The average molecular weight is 201 g/mol. The summed E-state index contributed by atoms with van der Waals surface area (Å²) >= 11 is 0. The van der Waals surface area contributed by atoms with Crippen molar-refractivity contribution in [1.29, 1.82) is 5.26 Å². The molecule has 0 atom stereocenters. The number of ether oxygens (including phenoxy) is 1. The van der Waals surface area contributed by atoms with Crippen LogP contribution < -0.4 is 10.5 Å². The first kappa shape index (κ1) is 9.85. The summed E-state index contributed by atoms with van der Waals surface area (Å²) in [6.45, 7) is 0. The number of nitriles is 1. The van der Waals surface area contributed by atoms with Gasteiger partial charge in [-0.3, -0.25) is 0 Å². The Morgan fingerprint density at radius 1 is 1.47 bits per heavy atom. The first-order valence-corrected chi connectivity index (χ1v) is 5.18. The molecule has 0 aromatic heterocycles. The lowest BCUT2D eigenvalue weighted by molar-refractivity contribution is 0.209. The molecule has 0 bridgehead atoms. The summed E-state index contributed by atoms with van der Waals surface area (Å²) in [5, 5.41) is 8.94. The van der Waals surface area contributed by atoms with Crippen molar-refractivity contribution in [2.45, 2.75) is 31.8 Å². The maximum absolute atomic E-state index is 8.94. The van der Waals surface area contributed by atoms with Gasteiger partial charge in [-0.15, -0.1) is 0 Å². The molecule has 0 spiro atoms. The topological polar surface area (TPSA) is 59.0 Å². The smallest absolute Gasteiger partial charge is 0.139 e. The van der Waals surface area contributed by atoms with Gasteiger partial charge in [-0.2, -0.15) is 5.26 Å². The Morgan fingerprint density at radius 2 is 2.20 bits per heavy atom. The van der Waals surface area contributed by atoms with Gasteiger partial charge >= 0.3 is 0 Å². The molecule has 2 rings (SSSR count). The SMILES string of the molecule is N#Cc1c(N)[c]ccc1OC1CCCC1. The van der Waals surface area contributed by atoms with E-state index in [0.717, 1.165) is 12.8 Å². The fourth-order valence-corrected chi connectivity index (χ4v) is 1.89. The van der Waals surface area contributed by atoms with E-state index >= 15 is 0 Å². The molecule has 1 aromatic rings. The van der Waals surface area contributed by atoms with E-state index in [2.05, 4.69) is 12.1 Å². The largest absolute Gasteiger partial charge is 0.489 e. The Balaban J connectivity index is 2.20. The van der Waals surface area contributed by atoms with Gasteiger partial charge in [0.1, 0.15) is 17.4 Å². The van der Waals surface area contributed by atoms with Gasteiger partial charge in [0.25, 0.3) is 0 Å². The summed E-state index contributed by atoms with van der Waals surface area (Å²) in [6, 6.07) is 8.30. The number of anilines is 1. The van der Waals surface area contributed by atoms with Crippen LogP contribution in [0.25, 0.3) is 0 Å². The molecule has 1 saturated carbocycles. The molecular formula is C12H13N2O. The highest BCUT2D eigenvalue weighted by molar-refractivity contribution is 5.60. The monoisotopic (exact) mass is 201 g/mol. The van der Waals surface area contributed by atoms with Gasteiger partial charge in [0.2, 0.25) is 0 Å². The molecule has 1 radical (unpaired) electrons. The molecule has 0 amide bonds. The fourth-order valence-electron chi connectivity index (χ4n) is 1.89. The van der Waals surface area contributed by atoms with Crippen LogP contribution in [0.15, 0.2) is 12.1 Å². The Hall–Kier alpha value is -1.69. The Bertz CT molecular complexity index is 389. The fraction of sp³-hybridized carbons (Fsp3) is 0.417. The van der Waals surface area contributed by atoms with E-state index in [0.29, 0.717) is 17.0 Å². The Kier molecular flexibility index (Phi) is 2.77. The van der Waals surface area contributed by atoms with Gasteiger partial charge < -0.3 is 10.5 Å². The van der Waals surface area contributed by atoms with E-state index in [1.807, 2.05) is 0 Å². The molecule has 1 aliphatic rings. The lowest BCUT2D eigenvalue weighted by atomic mass is 10.1. The van der Waals surface area contributed by atoms with Crippen LogP contribution in [0.3, 0.4) is 0 Å². The quantitative estimate of drug-likeness (QED) is 0.746. The van der Waals surface area contributed by atoms with Crippen LogP contribution in [0.4, 0.5) is 5.69 Å². The summed E-state index contributed by atoms with van der Waals surface area (Å²) < 4.78 is 5.76. The molecule has 0 heterocycles. The molecule has 0 unspecified atom stereocenters. The summed E-state index contributed by atoms with van der Waals surface area (Å²) in [7, 11) is 0. The molecule has 2 N–H and O–H groups in total. The van der Waals surface area contributed by atoms with Crippen molar-refractivity contribution >= 4 is 5.69 Å². The standard InChI is InChI=1S/C12H13N2O/c13-8-10-11(14)6-3-7-12(10)15-9-4-1-2-5-9/h3,7,9H,1-2,4-5,14H2. The van der Waals surface area contributed by atoms with Crippen molar-refractivity contribution in [3.8, 4) is 11.8 Å². The molecule has 0 saturated heterocycles. The zero-order chi connectivity index (χ0) is 10.7. The Labute approximate surface area is 89.5 Å². The summed E-state index contributed by atoms with van der Waals surface area (Å²) in [5.74, 6) is 0.598. The van der Waals surface area contributed by atoms with Crippen LogP contribution >= 0.6 is 0 Å². The van der Waals surface area contributed by atoms with Gasteiger partial charge in [0, 0.05) is 6.07 Å². The number of rotatable bonds is 2. The average Bonchev–Trinajstić information content (AvgIpc) is 2.71. The van der Waals surface area contributed by atoms with Crippen LogP contribution in [0.1, 0.15) is 31.2 Å². The van der Waals surface area contributed by atoms with Crippen molar-refractivity contribution < 1.29 is 4.74 Å². The second kappa shape index (κ2) is 4.22. The zero-order valence-electron chi connectivity index (χ0n) is 8.49. The summed E-state index contributed by atoms with van der Waals surface area (Å²) in [6.07, 6.45) is 4.81. The van der Waals surface area contributed by atoms with E-state index in [4.69, 9.17) is 15.7 Å². The van der Waals surface area contributed by atoms with Crippen LogP contribution in [-0.4, -0.2) is 6.10 Å². The van der Waals surface area contributed by atoms with Crippen LogP contribution in [0.2, 0.25) is 0 Å². The first-order valence-electron chi connectivity index (χ1n) is 5.18. The van der Waals surface area contributed by atoms with Gasteiger partial charge in [-0.1, -0.05) is 0 Å². The van der Waals surface area contributed by atoms with E-state index in [1.165, 1.54) is 12.8 Å². The minimum atomic E-state index is 0.249. The summed E-state index contributed by atoms with van der Waals surface area (Å²) in [4.78, 5) is 0. The van der Waals surface area contributed by atoms with Gasteiger partial charge in [0.15, 0.2) is 0 Å². The van der Waals surface area contributed by atoms with Gasteiger partial charge in [-0.05, 0) is 37.8 Å². The number of hydrogen-bond donors (Lipinski definition) is 1. The molecule has 15 heavy (non-hydrogen) atoms. The third-order valence-corrected chi connectivity index (χ3v) is 2.70. The molecule has 1 aromatic carbocycles. The minimum Gasteiger partial charge on any atom is -0.489 e. The lowest BCUT2D eigenvalue weighted by Gasteiger charge is -2.14. The zero-order valence-corrected chi connectivity index (χ0v) is 8.49. The number of hydrogen-bond acceptors (Lipinski definition) is 3. The number of benzene rings is 1. The number of nitrogen functional groups attached to an aromatic ring is 1. The maximum atomic E-state index is 8.94. The second-order valence-electron chi connectivity index (χ2n) is 3.77. The van der Waals surface area contributed by atoms with Gasteiger partial charge in [0.05, 0.1) is 11.8 Å². The maximum Gasteiger partial charge on any atom is 0.139 e. The van der Waals surface area contributed by atoms with Crippen molar-refractivity contribution in [2.75, 3.05) is 5.73 Å². The van der Waals surface area contributed by atoms with Crippen LogP contribution in [-0.2, 0) is 0 Å². The van der Waals surface area contributed by atoms with Gasteiger partial charge in [-0.25, -0.2) is 0 Å². The number of nitrogens with zero attached hydrogens (tertiary/aromatic N) is 1. The second-order valence-corrected chi connectivity index (χ2v) is 3.77. The highest BCUT2D eigenvalue weighted by atomic mass is 16.5. The molecule has 3 heteroatoms. The van der Waals surface area contributed by atoms with E-state index in [9.17, 15) is 0 Å². The van der Waals surface area contributed by atoms with E-state index in [-0.39, 0.29) is 6.10 Å². The third-order valence-electron chi connectivity index (χ3n) is 2.70. The normalized spacial score (nSPS) is 16.2.